The van der Waals surface area contributed by atoms with Crippen LogP contribution < -0.4 is 18.7 Å². The molecule has 0 atom stereocenters. The Bertz CT molecular complexity index is 1400. The maximum Gasteiger partial charge on any atom is 0.214 e. The second-order valence-electron chi connectivity index (χ2n) is 9.88. The maximum atomic E-state index is 15.8. The first-order chi connectivity index (χ1) is 18.7. The Morgan fingerprint density at radius 2 is 1.92 bits per heavy atom. The second kappa shape index (κ2) is 11.4. The third kappa shape index (κ3) is 5.76. The predicted molar refractivity (Wildman–Crippen MR) is 150 cm³/mol. The number of Topliss-reactive ketones (excluding diaryl/α,β-unsaturated/α-hetero) is 1. The molecule has 0 radical (unpaired) electrons. The van der Waals surface area contributed by atoms with Crippen LogP contribution in [0.3, 0.4) is 0 Å². The number of pyridine rings is 1. The highest BCUT2D eigenvalue weighted by Crippen LogP contribution is 2.49. The topological polar surface area (TPSA) is 54.9 Å². The monoisotopic (exact) mass is 593 g/mol. The molecule has 5 rings (SSSR count). The van der Waals surface area contributed by atoms with Crippen molar-refractivity contribution in [3.8, 4) is 11.5 Å². The highest BCUT2D eigenvalue weighted by Gasteiger charge is 2.46. The highest BCUT2D eigenvalue weighted by molar-refractivity contribution is 8.00. The van der Waals surface area contributed by atoms with Crippen molar-refractivity contribution in [1.29, 1.82) is 0 Å². The van der Waals surface area contributed by atoms with E-state index >= 15 is 4.39 Å². The first kappa shape index (κ1) is 27.8. The van der Waals surface area contributed by atoms with Crippen molar-refractivity contribution in [3.05, 3.63) is 69.8 Å². The van der Waals surface area contributed by atoms with E-state index in [9.17, 15) is 9.18 Å². The lowest BCUT2D eigenvalue weighted by atomic mass is 9.68. The summed E-state index contributed by atoms with van der Waals surface area (Å²) in [6.45, 7) is 1.46. The number of anilines is 2. The molecule has 0 bridgehead atoms. The van der Waals surface area contributed by atoms with Gasteiger partial charge in [0.15, 0.2) is 5.82 Å². The van der Waals surface area contributed by atoms with Crippen LogP contribution >= 0.6 is 35.1 Å². The minimum atomic E-state index is -0.673. The van der Waals surface area contributed by atoms with Gasteiger partial charge in [-0.3, -0.25) is 9.10 Å². The number of aromatic nitrogens is 1. The molecule has 11 heteroatoms. The molecule has 1 aliphatic carbocycles. The molecule has 2 fully saturated rings. The number of carbonyl (C=O) groups excluding carboxylic acids is 1. The van der Waals surface area contributed by atoms with Crippen LogP contribution in [-0.4, -0.2) is 38.1 Å². The summed E-state index contributed by atoms with van der Waals surface area (Å²) in [5, 5.41) is 0.119. The van der Waals surface area contributed by atoms with Gasteiger partial charge < -0.3 is 14.4 Å². The van der Waals surface area contributed by atoms with Crippen molar-refractivity contribution in [1.82, 2.24) is 4.98 Å². The van der Waals surface area contributed by atoms with Gasteiger partial charge in [-0.2, -0.15) is 4.39 Å². The van der Waals surface area contributed by atoms with Crippen LogP contribution in [0.25, 0.3) is 0 Å². The molecule has 1 saturated heterocycles. The minimum absolute atomic E-state index is 0.0481. The Morgan fingerprint density at radius 1 is 1.13 bits per heavy atom. The molecular formula is C28H27Cl2F2N3O3S. The van der Waals surface area contributed by atoms with Gasteiger partial charge in [-0.15, -0.1) is 0 Å². The fourth-order valence-corrected chi connectivity index (χ4v) is 6.84. The van der Waals surface area contributed by atoms with E-state index in [4.69, 9.17) is 32.7 Å². The fourth-order valence-electron chi connectivity index (χ4n) is 5.28. The van der Waals surface area contributed by atoms with Crippen LogP contribution in [0.1, 0.15) is 31.2 Å². The lowest BCUT2D eigenvalue weighted by Gasteiger charge is -2.53. The molecule has 0 amide bonds. The Labute approximate surface area is 240 Å². The first-order valence-corrected chi connectivity index (χ1v) is 14.0. The molecule has 0 unspecified atom stereocenters. The molecule has 2 aliphatic rings. The lowest BCUT2D eigenvalue weighted by molar-refractivity contribution is -0.124. The van der Waals surface area contributed by atoms with Gasteiger partial charge in [0.1, 0.15) is 28.1 Å². The average molecular weight is 595 g/mol. The Kier molecular flexibility index (Phi) is 8.12. The van der Waals surface area contributed by atoms with E-state index in [1.165, 1.54) is 19.2 Å². The van der Waals surface area contributed by atoms with Gasteiger partial charge in [-0.1, -0.05) is 29.3 Å². The van der Waals surface area contributed by atoms with Crippen LogP contribution in [0.15, 0.2) is 47.4 Å². The Morgan fingerprint density at radius 3 is 2.62 bits per heavy atom. The second-order valence-corrected chi connectivity index (χ2v) is 11.7. The standard InChI is InChI=1S/C28H27Cl2F2N3O3S/c1-37-19-9-8-17(22(11-19)38-2)14-35(24-7-3-6-23(31)33-24)39-27-20(29)12-21(25(30)26(27)32)34-15-28(16-34)10-4-5-18(36)13-28/h3,6-9,11-12H,4-5,10,13-16H2,1-2H3. The molecule has 2 heterocycles. The van der Waals surface area contributed by atoms with E-state index in [1.807, 2.05) is 11.0 Å². The highest BCUT2D eigenvalue weighted by atomic mass is 35.5. The van der Waals surface area contributed by atoms with Crippen LogP contribution in [-0.2, 0) is 11.3 Å². The van der Waals surface area contributed by atoms with Crippen molar-refractivity contribution in [2.75, 3.05) is 36.5 Å². The van der Waals surface area contributed by atoms with E-state index in [2.05, 4.69) is 4.98 Å². The zero-order chi connectivity index (χ0) is 27.7. The molecule has 0 N–H and O–H groups in total. The van der Waals surface area contributed by atoms with Crippen molar-refractivity contribution in [2.24, 2.45) is 5.41 Å². The third-order valence-corrected chi connectivity index (χ3v) is 9.08. The van der Waals surface area contributed by atoms with Gasteiger partial charge in [0, 0.05) is 43.0 Å². The molecular weight excluding hydrogens is 567 g/mol. The normalized spacial score (nSPS) is 16.3. The van der Waals surface area contributed by atoms with Crippen molar-refractivity contribution >= 4 is 52.4 Å². The van der Waals surface area contributed by atoms with Crippen LogP contribution in [0.5, 0.6) is 11.5 Å². The van der Waals surface area contributed by atoms with Gasteiger partial charge in [-0.05, 0) is 55.1 Å². The first-order valence-electron chi connectivity index (χ1n) is 12.4. The summed E-state index contributed by atoms with van der Waals surface area (Å²) < 4.78 is 42.3. The van der Waals surface area contributed by atoms with Gasteiger partial charge in [0.05, 0.1) is 36.4 Å². The number of hydrogen-bond acceptors (Lipinski definition) is 7. The van der Waals surface area contributed by atoms with E-state index in [0.29, 0.717) is 43.1 Å². The van der Waals surface area contributed by atoms with Crippen LogP contribution in [0, 0.1) is 17.2 Å². The summed E-state index contributed by atoms with van der Waals surface area (Å²) in [5.74, 6) is 0.355. The summed E-state index contributed by atoms with van der Waals surface area (Å²) in [6.07, 6.45) is 3.04. The van der Waals surface area contributed by atoms with Gasteiger partial charge in [0.2, 0.25) is 5.95 Å². The number of nitrogens with zero attached hydrogens (tertiary/aromatic N) is 3. The van der Waals surface area contributed by atoms with Crippen molar-refractivity contribution in [2.45, 2.75) is 37.1 Å². The van der Waals surface area contributed by atoms with Crippen molar-refractivity contribution < 1.29 is 23.0 Å². The van der Waals surface area contributed by atoms with Gasteiger partial charge >= 0.3 is 0 Å². The zero-order valence-corrected chi connectivity index (χ0v) is 23.8. The van der Waals surface area contributed by atoms with E-state index in [0.717, 1.165) is 30.4 Å². The van der Waals surface area contributed by atoms with Gasteiger partial charge in [-0.25, -0.2) is 9.37 Å². The SMILES string of the molecule is COc1ccc(CN(Sc2c(Cl)cc(N3CC4(CCCC(=O)C4)C3)c(Cl)c2F)c2cccc(F)n2)c(OC)c1. The fraction of sp³-hybridized carbons (Fsp3) is 0.357. The molecule has 1 spiro atoms. The lowest BCUT2D eigenvalue weighted by Crippen LogP contribution is -2.58. The predicted octanol–water partition coefficient (Wildman–Crippen LogP) is 7.35. The summed E-state index contributed by atoms with van der Waals surface area (Å²) in [7, 11) is 3.09. The number of methoxy groups -OCH3 is 2. The molecule has 1 saturated carbocycles. The molecule has 3 aromatic rings. The smallest absolute Gasteiger partial charge is 0.214 e. The van der Waals surface area contributed by atoms with Gasteiger partial charge in [0.25, 0.3) is 0 Å². The van der Waals surface area contributed by atoms with Crippen LogP contribution in [0.4, 0.5) is 20.3 Å². The number of ether oxygens (including phenoxy) is 2. The third-order valence-electron chi connectivity index (χ3n) is 7.19. The number of halogens is 4. The van der Waals surface area contributed by atoms with E-state index < -0.39 is 11.8 Å². The van der Waals surface area contributed by atoms with E-state index in [-0.39, 0.29) is 38.5 Å². The summed E-state index contributed by atoms with van der Waals surface area (Å²) in [5.41, 5.74) is 1.18. The Hall–Kier alpha value is -2.75. The number of hydrogen-bond donors (Lipinski definition) is 0. The molecule has 6 nitrogen and oxygen atoms in total. The molecule has 1 aliphatic heterocycles. The maximum absolute atomic E-state index is 15.8. The molecule has 206 valence electrons. The molecule has 1 aromatic heterocycles. The molecule has 2 aromatic carbocycles. The number of rotatable bonds is 8. The summed E-state index contributed by atoms with van der Waals surface area (Å²) in [4.78, 5) is 18.1. The summed E-state index contributed by atoms with van der Waals surface area (Å²) in [6, 6.07) is 11.4. The average Bonchev–Trinajstić information content (AvgIpc) is 2.91. The van der Waals surface area contributed by atoms with Crippen molar-refractivity contribution in [3.63, 3.8) is 0 Å². The Balaban J connectivity index is 1.44. The van der Waals surface area contributed by atoms with E-state index in [1.54, 1.807) is 35.7 Å². The van der Waals surface area contributed by atoms with Crippen LogP contribution in [0.2, 0.25) is 10.0 Å². The largest absolute Gasteiger partial charge is 0.497 e. The number of ketones is 1. The number of carbonyl (C=O) groups is 1. The zero-order valence-electron chi connectivity index (χ0n) is 21.5. The summed E-state index contributed by atoms with van der Waals surface area (Å²) >= 11 is 14.2. The number of benzene rings is 2. The molecule has 39 heavy (non-hydrogen) atoms. The quantitative estimate of drug-likeness (QED) is 0.154. The minimum Gasteiger partial charge on any atom is -0.497 e.